The fourth-order valence-electron chi connectivity index (χ4n) is 2.66. The normalized spacial score (nSPS) is 15.4. The number of aryl methyl sites for hydroxylation is 1. The highest BCUT2D eigenvalue weighted by atomic mass is 32.2. The summed E-state index contributed by atoms with van der Waals surface area (Å²) >= 11 is 0.928. The Morgan fingerprint density at radius 1 is 1.07 bits per heavy atom. The molecule has 0 aliphatic carbocycles. The molecule has 6 heteroatoms. The van der Waals surface area contributed by atoms with Crippen LogP contribution in [0.2, 0.25) is 0 Å². The van der Waals surface area contributed by atoms with Crippen molar-refractivity contribution in [2.24, 2.45) is 0 Å². The lowest BCUT2D eigenvalue weighted by molar-refractivity contribution is -0.124. The number of hydrogen-bond donors (Lipinski definition) is 1. The predicted molar refractivity (Wildman–Crippen MR) is 107 cm³/mol. The van der Waals surface area contributed by atoms with E-state index >= 15 is 0 Å². The lowest BCUT2D eigenvalue weighted by Crippen LogP contribution is -2.37. The summed E-state index contributed by atoms with van der Waals surface area (Å²) in [5.41, 5.74) is 2.93. The molecule has 0 bridgehead atoms. The molecule has 27 heavy (non-hydrogen) atoms. The highest BCUT2D eigenvalue weighted by Crippen LogP contribution is 2.31. The monoisotopic (exact) mass is 380 g/mol. The zero-order chi connectivity index (χ0) is 19.2. The van der Waals surface area contributed by atoms with Crippen LogP contribution >= 0.6 is 11.8 Å². The van der Waals surface area contributed by atoms with Gasteiger partial charge in [0.2, 0.25) is 5.91 Å². The summed E-state index contributed by atoms with van der Waals surface area (Å²) in [4.78, 5) is 38.1. The molecule has 3 rings (SSSR count). The van der Waals surface area contributed by atoms with E-state index < -0.39 is 0 Å². The van der Waals surface area contributed by atoms with E-state index in [2.05, 4.69) is 5.32 Å². The van der Waals surface area contributed by atoms with Gasteiger partial charge in [0.05, 0.1) is 11.3 Å². The van der Waals surface area contributed by atoms with Gasteiger partial charge in [-0.3, -0.25) is 19.3 Å². The molecule has 0 aromatic heterocycles. The summed E-state index contributed by atoms with van der Waals surface area (Å²) in [6.45, 7) is 2.39. The van der Waals surface area contributed by atoms with Crippen LogP contribution in [0.3, 0.4) is 0 Å². The third-order valence-corrected chi connectivity index (χ3v) is 5.02. The van der Waals surface area contributed by atoms with Crippen molar-refractivity contribution in [1.29, 1.82) is 0 Å². The van der Waals surface area contributed by atoms with E-state index in [0.29, 0.717) is 4.91 Å². The fraction of sp³-hybridized carbons (Fsp3) is 0.190. The topological polar surface area (TPSA) is 66.5 Å². The maximum Gasteiger partial charge on any atom is 0.293 e. The molecule has 0 spiro atoms. The van der Waals surface area contributed by atoms with Gasteiger partial charge in [-0.05, 0) is 35.9 Å². The molecule has 138 valence electrons. The van der Waals surface area contributed by atoms with Crippen LogP contribution in [0.4, 0.5) is 4.79 Å². The summed E-state index contributed by atoms with van der Waals surface area (Å²) in [6, 6.07) is 17.1. The minimum Gasteiger partial charge on any atom is -0.354 e. The molecule has 0 radical (unpaired) electrons. The van der Waals surface area contributed by atoms with E-state index in [1.807, 2.05) is 61.5 Å². The van der Waals surface area contributed by atoms with Gasteiger partial charge in [-0.2, -0.15) is 0 Å². The van der Waals surface area contributed by atoms with E-state index in [9.17, 15) is 14.4 Å². The molecule has 1 fully saturated rings. The number of imide groups is 1. The first-order valence-electron chi connectivity index (χ1n) is 8.65. The van der Waals surface area contributed by atoms with Gasteiger partial charge in [-0.25, -0.2) is 0 Å². The Balaban J connectivity index is 1.53. The minimum atomic E-state index is -0.317. The van der Waals surface area contributed by atoms with Gasteiger partial charge in [0.1, 0.15) is 0 Å². The van der Waals surface area contributed by atoms with Crippen molar-refractivity contribution in [3.05, 3.63) is 76.2 Å². The molecular weight excluding hydrogens is 360 g/mol. The first-order chi connectivity index (χ1) is 13.0. The first kappa shape index (κ1) is 18.9. The SMILES string of the molecule is Cc1ccc(C=C2SC(=O)N(CCNC(=O)Cc3ccccc3)C2=O)cc1. The van der Waals surface area contributed by atoms with Crippen molar-refractivity contribution >= 4 is 34.9 Å². The first-order valence-corrected chi connectivity index (χ1v) is 9.47. The van der Waals surface area contributed by atoms with Gasteiger partial charge in [0, 0.05) is 13.1 Å². The largest absolute Gasteiger partial charge is 0.354 e. The van der Waals surface area contributed by atoms with Crippen molar-refractivity contribution in [3.63, 3.8) is 0 Å². The Morgan fingerprint density at radius 3 is 2.48 bits per heavy atom. The number of nitrogens with zero attached hydrogens (tertiary/aromatic N) is 1. The maximum absolute atomic E-state index is 12.5. The zero-order valence-electron chi connectivity index (χ0n) is 15.0. The standard InChI is InChI=1S/C21H20N2O3S/c1-15-7-9-17(10-8-15)13-18-20(25)23(21(26)27-18)12-11-22-19(24)14-16-5-3-2-4-6-16/h2-10,13H,11-12,14H2,1H3,(H,22,24). The Bertz CT molecular complexity index is 876. The molecule has 0 saturated carbocycles. The molecule has 2 aromatic rings. The van der Waals surface area contributed by atoms with Gasteiger partial charge in [0.15, 0.2) is 0 Å². The van der Waals surface area contributed by atoms with Gasteiger partial charge >= 0.3 is 0 Å². The minimum absolute atomic E-state index is 0.136. The van der Waals surface area contributed by atoms with Crippen molar-refractivity contribution in [3.8, 4) is 0 Å². The van der Waals surface area contributed by atoms with Crippen LogP contribution < -0.4 is 5.32 Å². The average Bonchev–Trinajstić information content (AvgIpc) is 2.92. The smallest absolute Gasteiger partial charge is 0.293 e. The van der Waals surface area contributed by atoms with Crippen LogP contribution in [0.15, 0.2) is 59.5 Å². The summed E-state index contributed by atoms with van der Waals surface area (Å²) in [5.74, 6) is -0.453. The number of carbonyl (C=O) groups excluding carboxylic acids is 3. The van der Waals surface area contributed by atoms with Crippen molar-refractivity contribution in [2.45, 2.75) is 13.3 Å². The molecule has 0 unspecified atom stereocenters. The van der Waals surface area contributed by atoms with Crippen LogP contribution in [-0.2, 0) is 16.0 Å². The maximum atomic E-state index is 12.5. The quantitative estimate of drug-likeness (QED) is 0.780. The predicted octanol–water partition coefficient (Wildman–Crippen LogP) is 3.39. The highest BCUT2D eigenvalue weighted by molar-refractivity contribution is 8.18. The number of rotatable bonds is 6. The summed E-state index contributed by atoms with van der Waals surface area (Å²) in [6.07, 6.45) is 1.99. The number of carbonyl (C=O) groups is 3. The van der Waals surface area contributed by atoms with Gasteiger partial charge in [-0.1, -0.05) is 60.2 Å². The molecule has 5 nitrogen and oxygen atoms in total. The van der Waals surface area contributed by atoms with Crippen molar-refractivity contribution in [1.82, 2.24) is 10.2 Å². The second-order valence-corrected chi connectivity index (χ2v) is 7.25. The average molecular weight is 380 g/mol. The van der Waals surface area contributed by atoms with Gasteiger partial charge < -0.3 is 5.32 Å². The van der Waals surface area contributed by atoms with E-state index in [4.69, 9.17) is 0 Å². The van der Waals surface area contributed by atoms with E-state index in [-0.39, 0.29) is 36.6 Å². The Morgan fingerprint density at radius 2 is 1.78 bits per heavy atom. The van der Waals surface area contributed by atoms with E-state index in [1.165, 1.54) is 4.90 Å². The number of amides is 3. The molecule has 1 aliphatic rings. The summed E-state index contributed by atoms with van der Waals surface area (Å²) < 4.78 is 0. The molecular formula is C21H20N2O3S. The number of benzene rings is 2. The molecule has 1 saturated heterocycles. The Hall–Kier alpha value is -2.86. The summed E-state index contributed by atoms with van der Waals surface area (Å²) in [5, 5.41) is 2.45. The molecule has 1 heterocycles. The third kappa shape index (κ3) is 5.08. The second kappa shape index (κ2) is 8.68. The molecule has 0 atom stereocenters. The van der Waals surface area contributed by atoms with E-state index in [1.54, 1.807) is 6.08 Å². The fourth-order valence-corrected chi connectivity index (χ4v) is 3.52. The summed E-state index contributed by atoms with van der Waals surface area (Å²) in [7, 11) is 0. The van der Waals surface area contributed by atoms with Crippen LogP contribution in [0, 0.1) is 6.92 Å². The molecule has 1 aliphatic heterocycles. The third-order valence-electron chi connectivity index (χ3n) is 4.11. The van der Waals surface area contributed by atoms with Crippen LogP contribution in [-0.4, -0.2) is 35.0 Å². The lowest BCUT2D eigenvalue weighted by atomic mass is 10.1. The molecule has 2 aromatic carbocycles. The van der Waals surface area contributed by atoms with E-state index in [0.717, 1.165) is 28.5 Å². The highest BCUT2D eigenvalue weighted by Gasteiger charge is 2.34. The second-order valence-electron chi connectivity index (χ2n) is 6.26. The van der Waals surface area contributed by atoms with Gasteiger partial charge in [0.25, 0.3) is 11.1 Å². The Labute approximate surface area is 162 Å². The van der Waals surface area contributed by atoms with Crippen molar-refractivity contribution < 1.29 is 14.4 Å². The van der Waals surface area contributed by atoms with Crippen LogP contribution in [0.25, 0.3) is 6.08 Å². The van der Waals surface area contributed by atoms with Crippen molar-refractivity contribution in [2.75, 3.05) is 13.1 Å². The van der Waals surface area contributed by atoms with Crippen LogP contribution in [0.5, 0.6) is 0 Å². The number of thioether (sulfide) groups is 1. The lowest BCUT2D eigenvalue weighted by Gasteiger charge is -2.13. The zero-order valence-corrected chi connectivity index (χ0v) is 15.8. The number of nitrogens with one attached hydrogen (secondary N) is 1. The molecule has 1 N–H and O–H groups in total. The molecule has 3 amide bonds. The number of hydrogen-bond acceptors (Lipinski definition) is 4. The van der Waals surface area contributed by atoms with Gasteiger partial charge in [-0.15, -0.1) is 0 Å². The Kier molecular flexibility index (Phi) is 6.08. The van der Waals surface area contributed by atoms with Crippen LogP contribution in [0.1, 0.15) is 16.7 Å².